The van der Waals surface area contributed by atoms with Crippen LogP contribution in [0.1, 0.15) is 71.8 Å². The van der Waals surface area contributed by atoms with Gasteiger partial charge in [0.1, 0.15) is 6.04 Å². The van der Waals surface area contributed by atoms with Crippen LogP contribution < -0.4 is 10.6 Å². The highest BCUT2D eigenvalue weighted by Crippen LogP contribution is 2.13. The fourth-order valence-corrected chi connectivity index (χ4v) is 4.41. The van der Waals surface area contributed by atoms with Crippen molar-refractivity contribution in [2.75, 3.05) is 18.6 Å². The van der Waals surface area contributed by atoms with Crippen LogP contribution in [0.25, 0.3) is 0 Å². The second-order valence-electron chi connectivity index (χ2n) is 9.40. The number of hydrogen-bond donors (Lipinski definition) is 2. The third-order valence-corrected chi connectivity index (χ3v) is 6.66. The van der Waals surface area contributed by atoms with E-state index in [1.807, 2.05) is 30.3 Å². The molecule has 1 aromatic carbocycles. The molecule has 0 aliphatic rings. The molecule has 0 radical (unpaired) electrons. The van der Waals surface area contributed by atoms with Gasteiger partial charge >= 0.3 is 5.97 Å². The molecule has 0 spiro atoms. The minimum Gasteiger partial charge on any atom is -0.467 e. The lowest BCUT2D eigenvalue weighted by atomic mass is 10.1. The van der Waals surface area contributed by atoms with Gasteiger partial charge < -0.3 is 15.4 Å². The maximum atomic E-state index is 12.3. The van der Waals surface area contributed by atoms with Gasteiger partial charge in [-0.1, -0.05) is 65.3 Å². The van der Waals surface area contributed by atoms with E-state index in [9.17, 15) is 14.4 Å². The maximum absolute atomic E-state index is 12.3. The van der Waals surface area contributed by atoms with E-state index < -0.39 is 12.0 Å². The molecular formula is C30H44N2O4S. The van der Waals surface area contributed by atoms with Gasteiger partial charge in [-0.25, -0.2) is 4.79 Å². The van der Waals surface area contributed by atoms with Crippen LogP contribution in [0.4, 0.5) is 0 Å². The van der Waals surface area contributed by atoms with Crippen molar-refractivity contribution in [2.24, 2.45) is 0 Å². The summed E-state index contributed by atoms with van der Waals surface area (Å²) in [6.45, 7) is 8.98. The molecule has 1 unspecified atom stereocenters. The molecule has 0 fully saturated rings. The number of hydrogen-bond acceptors (Lipinski definition) is 5. The van der Waals surface area contributed by atoms with Crippen LogP contribution in [0.15, 0.2) is 65.3 Å². The molecule has 6 nitrogen and oxygen atoms in total. The highest BCUT2D eigenvalue weighted by Gasteiger charge is 2.21. The quantitative estimate of drug-likeness (QED) is 0.150. The molecule has 0 aliphatic carbocycles. The first-order chi connectivity index (χ1) is 17.7. The van der Waals surface area contributed by atoms with Crippen LogP contribution in [0, 0.1) is 0 Å². The number of thioether (sulfide) groups is 1. The Morgan fingerprint density at radius 2 is 1.49 bits per heavy atom. The Hall–Kier alpha value is -2.80. The number of carbonyl (C=O) groups is 3. The maximum Gasteiger partial charge on any atom is 0.329 e. The van der Waals surface area contributed by atoms with Crippen LogP contribution in [-0.4, -0.2) is 42.4 Å². The number of nitrogens with one attached hydrogen (secondary N) is 2. The topological polar surface area (TPSA) is 84.5 Å². The van der Waals surface area contributed by atoms with Crippen molar-refractivity contribution in [1.82, 2.24) is 10.6 Å². The Kier molecular flexibility index (Phi) is 16.8. The minimum absolute atomic E-state index is 0.0130. The van der Waals surface area contributed by atoms with E-state index in [2.05, 4.69) is 56.6 Å². The van der Waals surface area contributed by atoms with E-state index in [4.69, 9.17) is 4.74 Å². The molecule has 37 heavy (non-hydrogen) atoms. The third-order valence-electron chi connectivity index (χ3n) is 5.69. The first-order valence-corrected chi connectivity index (χ1v) is 14.1. The molecule has 7 heteroatoms. The van der Waals surface area contributed by atoms with Gasteiger partial charge in [-0.05, 0) is 58.9 Å². The Labute approximate surface area is 227 Å². The SMILES string of the molecule is COC(=O)C(CSC/C=C(\C)CC/C=C(\C)CCC=C(C)C)NC(=O)CCC(=O)NCc1ccccc1. The van der Waals surface area contributed by atoms with Crippen LogP contribution in [0.2, 0.25) is 0 Å². The summed E-state index contributed by atoms with van der Waals surface area (Å²) in [5.74, 6) is 0.126. The third kappa shape index (κ3) is 16.5. The Bertz CT molecular complexity index is 934. The predicted octanol–water partition coefficient (Wildman–Crippen LogP) is 5.89. The van der Waals surface area contributed by atoms with E-state index in [1.54, 1.807) is 11.8 Å². The number of allylic oxidation sites excluding steroid dienone is 5. The number of carbonyl (C=O) groups excluding carboxylic acids is 3. The highest BCUT2D eigenvalue weighted by atomic mass is 32.2. The van der Waals surface area contributed by atoms with Gasteiger partial charge in [0, 0.05) is 30.9 Å². The molecule has 0 aromatic heterocycles. The van der Waals surface area contributed by atoms with Crippen molar-refractivity contribution in [3.63, 3.8) is 0 Å². The van der Waals surface area contributed by atoms with Crippen LogP contribution >= 0.6 is 11.8 Å². The van der Waals surface area contributed by atoms with E-state index in [1.165, 1.54) is 23.8 Å². The second kappa shape index (κ2) is 19.3. The van der Waals surface area contributed by atoms with Gasteiger partial charge in [-0.15, -0.1) is 0 Å². The van der Waals surface area contributed by atoms with Crippen molar-refractivity contribution < 1.29 is 19.1 Å². The van der Waals surface area contributed by atoms with E-state index in [0.29, 0.717) is 12.3 Å². The largest absolute Gasteiger partial charge is 0.467 e. The van der Waals surface area contributed by atoms with Gasteiger partial charge in [0.2, 0.25) is 11.8 Å². The molecule has 0 saturated heterocycles. The summed E-state index contributed by atoms with van der Waals surface area (Å²) in [5.41, 5.74) is 5.08. The number of ether oxygens (including phenoxy) is 1. The first-order valence-electron chi connectivity index (χ1n) is 12.9. The molecule has 2 N–H and O–H groups in total. The smallest absolute Gasteiger partial charge is 0.329 e. The molecule has 1 atom stereocenters. The fourth-order valence-electron chi connectivity index (χ4n) is 3.42. The van der Waals surface area contributed by atoms with Crippen LogP contribution in [-0.2, 0) is 25.7 Å². The summed E-state index contributed by atoms with van der Waals surface area (Å²) in [7, 11) is 1.31. The fraction of sp³-hybridized carbons (Fsp3) is 0.500. The van der Waals surface area contributed by atoms with Gasteiger partial charge in [0.15, 0.2) is 0 Å². The molecular weight excluding hydrogens is 484 g/mol. The lowest BCUT2D eigenvalue weighted by Gasteiger charge is -2.16. The summed E-state index contributed by atoms with van der Waals surface area (Å²) in [4.78, 5) is 36.5. The van der Waals surface area contributed by atoms with E-state index >= 15 is 0 Å². The standard InChI is InChI=1S/C30H44N2O4S/c1-23(2)11-9-12-24(3)13-10-14-25(4)19-20-37-22-27(30(35)36-5)32-29(34)18-17-28(33)31-21-26-15-7-6-8-16-26/h6-8,11,13,15-16,19,27H,9-10,12,14,17-18,20-22H2,1-5H3,(H,31,33)(H,32,34)/b24-13+,25-19+. The molecule has 1 aromatic rings. The number of esters is 1. The molecule has 0 aliphatic heterocycles. The second-order valence-corrected chi connectivity index (χ2v) is 10.5. The van der Waals surface area contributed by atoms with Gasteiger partial charge in [0.25, 0.3) is 0 Å². The number of rotatable bonds is 17. The zero-order chi connectivity index (χ0) is 27.5. The lowest BCUT2D eigenvalue weighted by Crippen LogP contribution is -2.43. The van der Waals surface area contributed by atoms with E-state index in [0.717, 1.165) is 37.0 Å². The van der Waals surface area contributed by atoms with Crippen molar-refractivity contribution >= 4 is 29.5 Å². The molecule has 0 saturated carbocycles. The summed E-state index contributed by atoms with van der Waals surface area (Å²) in [5, 5.41) is 5.51. The lowest BCUT2D eigenvalue weighted by molar-refractivity contribution is -0.144. The molecule has 2 amide bonds. The van der Waals surface area contributed by atoms with Crippen LogP contribution in [0.3, 0.4) is 0 Å². The normalized spacial score (nSPS) is 12.5. The van der Waals surface area contributed by atoms with Gasteiger partial charge in [-0.2, -0.15) is 11.8 Å². The number of amides is 2. The Morgan fingerprint density at radius 1 is 0.865 bits per heavy atom. The molecule has 1 rings (SSSR count). The van der Waals surface area contributed by atoms with Crippen molar-refractivity contribution in [3.05, 3.63) is 70.8 Å². The zero-order valence-corrected chi connectivity index (χ0v) is 23.9. The molecule has 0 bridgehead atoms. The molecule has 204 valence electrons. The Balaban J connectivity index is 2.35. The summed E-state index contributed by atoms with van der Waals surface area (Å²) in [6, 6.07) is 8.84. The average Bonchev–Trinajstić information content (AvgIpc) is 2.87. The van der Waals surface area contributed by atoms with Crippen molar-refractivity contribution in [3.8, 4) is 0 Å². The van der Waals surface area contributed by atoms with Crippen molar-refractivity contribution in [1.29, 1.82) is 0 Å². The average molecular weight is 529 g/mol. The number of benzene rings is 1. The van der Waals surface area contributed by atoms with Gasteiger partial charge in [0.05, 0.1) is 7.11 Å². The first kappa shape index (κ1) is 32.2. The Morgan fingerprint density at radius 3 is 2.14 bits per heavy atom. The van der Waals surface area contributed by atoms with E-state index in [-0.39, 0.29) is 24.7 Å². The monoisotopic (exact) mass is 528 g/mol. The highest BCUT2D eigenvalue weighted by molar-refractivity contribution is 7.99. The summed E-state index contributed by atoms with van der Waals surface area (Å²) < 4.78 is 4.85. The van der Waals surface area contributed by atoms with Gasteiger partial charge in [-0.3, -0.25) is 9.59 Å². The number of methoxy groups -OCH3 is 1. The van der Waals surface area contributed by atoms with Crippen LogP contribution in [0.5, 0.6) is 0 Å². The predicted molar refractivity (Wildman–Crippen MR) is 154 cm³/mol. The molecule has 0 heterocycles. The summed E-state index contributed by atoms with van der Waals surface area (Å²) in [6.07, 6.45) is 11.0. The zero-order valence-electron chi connectivity index (χ0n) is 23.1. The summed E-state index contributed by atoms with van der Waals surface area (Å²) >= 11 is 1.57. The minimum atomic E-state index is -0.741. The van der Waals surface area contributed by atoms with Crippen molar-refractivity contribution in [2.45, 2.75) is 78.8 Å².